The molecule has 37 heavy (non-hydrogen) atoms. The maximum Gasteiger partial charge on any atom is 0.167 e. The Morgan fingerprint density at radius 2 is 0.946 bits per heavy atom. The van der Waals surface area contributed by atoms with Gasteiger partial charge in [-0.3, -0.25) is 9.59 Å². The van der Waals surface area contributed by atoms with Crippen molar-refractivity contribution in [2.24, 2.45) is 11.8 Å². The summed E-state index contributed by atoms with van der Waals surface area (Å²) in [5.41, 5.74) is 1.07. The van der Waals surface area contributed by atoms with Crippen LogP contribution in [0.3, 0.4) is 0 Å². The summed E-state index contributed by atoms with van der Waals surface area (Å²) in [6, 6.07) is 14.5. The Morgan fingerprint density at radius 3 is 1.19 bits per heavy atom. The highest BCUT2D eigenvalue weighted by atomic mass is 35.5. The second-order valence-corrected chi connectivity index (χ2v) is 11.4. The van der Waals surface area contributed by atoms with Crippen molar-refractivity contribution in [3.63, 3.8) is 0 Å². The SMILES string of the molecule is COc1ccc(C(=O)C(CCC(CNC(C)(C)C)C(=O)c2ccc(OC)cc2)CNC(C)(C)C)cc1.Cl. The Bertz CT molecular complexity index is 895. The van der Waals surface area contributed by atoms with Gasteiger partial charge in [-0.2, -0.15) is 0 Å². The lowest BCUT2D eigenvalue weighted by Crippen LogP contribution is -2.42. The van der Waals surface area contributed by atoms with Crippen molar-refractivity contribution in [1.82, 2.24) is 10.6 Å². The van der Waals surface area contributed by atoms with Gasteiger partial charge in [-0.1, -0.05) is 0 Å². The third-order valence-electron chi connectivity index (χ3n) is 6.11. The van der Waals surface area contributed by atoms with Gasteiger partial charge in [-0.05, 0) is 103 Å². The van der Waals surface area contributed by atoms with E-state index in [2.05, 4.69) is 52.2 Å². The predicted molar refractivity (Wildman–Crippen MR) is 154 cm³/mol. The van der Waals surface area contributed by atoms with Gasteiger partial charge in [0, 0.05) is 47.1 Å². The Labute approximate surface area is 229 Å². The lowest BCUT2D eigenvalue weighted by Gasteiger charge is -2.28. The topological polar surface area (TPSA) is 76.7 Å². The monoisotopic (exact) mass is 532 g/mol. The number of halogens is 1. The Hall–Kier alpha value is -2.41. The van der Waals surface area contributed by atoms with Crippen LogP contribution in [0.25, 0.3) is 0 Å². The van der Waals surface area contributed by atoms with E-state index in [1.165, 1.54) is 0 Å². The quantitative estimate of drug-likeness (QED) is 0.309. The first-order valence-electron chi connectivity index (χ1n) is 12.7. The van der Waals surface area contributed by atoms with Crippen molar-refractivity contribution in [1.29, 1.82) is 0 Å². The standard InChI is InChI=1S/C30H44N2O4.ClH/c1-29(2,3)31-19-23(27(33)21-11-15-25(35-7)16-12-21)9-10-24(20-32-30(4,5)6)28(34)22-13-17-26(36-8)18-14-22;/h11-18,23-24,31-32H,9-10,19-20H2,1-8H3;1H. The van der Waals surface area contributed by atoms with Crippen molar-refractivity contribution in [2.75, 3.05) is 27.3 Å². The van der Waals surface area contributed by atoms with Crippen LogP contribution in [0.5, 0.6) is 11.5 Å². The molecular weight excluding hydrogens is 488 g/mol. The number of carbonyl (C=O) groups is 2. The van der Waals surface area contributed by atoms with Gasteiger partial charge in [0.25, 0.3) is 0 Å². The molecular formula is C30H45ClN2O4. The third kappa shape index (κ3) is 11.2. The van der Waals surface area contributed by atoms with Crippen LogP contribution in [-0.4, -0.2) is 50.0 Å². The van der Waals surface area contributed by atoms with Gasteiger partial charge in [0.2, 0.25) is 0 Å². The first-order valence-corrected chi connectivity index (χ1v) is 12.7. The minimum Gasteiger partial charge on any atom is -0.497 e. The van der Waals surface area contributed by atoms with E-state index >= 15 is 0 Å². The number of nitrogens with one attached hydrogen (secondary N) is 2. The Kier molecular flexibility index (Phi) is 12.8. The van der Waals surface area contributed by atoms with Crippen LogP contribution in [0.1, 0.15) is 75.1 Å². The highest BCUT2D eigenvalue weighted by Crippen LogP contribution is 2.24. The molecule has 7 heteroatoms. The fraction of sp³-hybridized carbons (Fsp3) is 0.533. The molecule has 2 aromatic carbocycles. The molecule has 0 amide bonds. The summed E-state index contributed by atoms with van der Waals surface area (Å²) < 4.78 is 10.5. The van der Waals surface area contributed by atoms with Crippen LogP contribution in [0.15, 0.2) is 48.5 Å². The normalized spacial score (nSPS) is 13.3. The highest BCUT2D eigenvalue weighted by molar-refractivity contribution is 5.99. The zero-order chi connectivity index (χ0) is 26.9. The second kappa shape index (κ2) is 14.5. The summed E-state index contributed by atoms with van der Waals surface area (Å²) in [6.07, 6.45) is 1.21. The van der Waals surface area contributed by atoms with E-state index in [1.807, 2.05) is 48.5 Å². The predicted octanol–water partition coefficient (Wildman–Crippen LogP) is 5.98. The fourth-order valence-electron chi connectivity index (χ4n) is 3.89. The summed E-state index contributed by atoms with van der Waals surface area (Å²) in [5, 5.41) is 6.98. The van der Waals surface area contributed by atoms with Gasteiger partial charge in [0.05, 0.1) is 14.2 Å². The maximum atomic E-state index is 13.5. The first kappa shape index (κ1) is 32.6. The molecule has 2 rings (SSSR count). The van der Waals surface area contributed by atoms with Crippen LogP contribution in [0.4, 0.5) is 0 Å². The molecule has 0 aliphatic rings. The number of rotatable bonds is 13. The third-order valence-corrected chi connectivity index (χ3v) is 6.11. The van der Waals surface area contributed by atoms with E-state index in [4.69, 9.17) is 9.47 Å². The summed E-state index contributed by atoms with van der Waals surface area (Å²) in [6.45, 7) is 13.6. The van der Waals surface area contributed by atoms with Crippen molar-refractivity contribution < 1.29 is 19.1 Å². The van der Waals surface area contributed by atoms with Crippen LogP contribution in [-0.2, 0) is 0 Å². The van der Waals surface area contributed by atoms with Crippen molar-refractivity contribution in [3.05, 3.63) is 59.7 Å². The summed E-state index contributed by atoms with van der Waals surface area (Å²) in [7, 11) is 3.22. The van der Waals surface area contributed by atoms with Crippen LogP contribution >= 0.6 is 12.4 Å². The highest BCUT2D eigenvalue weighted by Gasteiger charge is 2.27. The zero-order valence-corrected chi connectivity index (χ0v) is 24.5. The molecule has 0 fully saturated rings. The van der Waals surface area contributed by atoms with E-state index < -0.39 is 0 Å². The molecule has 0 aromatic heterocycles. The van der Waals surface area contributed by atoms with Crippen molar-refractivity contribution in [2.45, 2.75) is 65.5 Å². The molecule has 2 N–H and O–H groups in total. The van der Waals surface area contributed by atoms with Crippen molar-refractivity contribution in [3.8, 4) is 11.5 Å². The van der Waals surface area contributed by atoms with E-state index in [1.54, 1.807) is 14.2 Å². The van der Waals surface area contributed by atoms with Gasteiger partial charge in [-0.15, -0.1) is 12.4 Å². The fourth-order valence-corrected chi connectivity index (χ4v) is 3.89. The molecule has 0 saturated heterocycles. The summed E-state index contributed by atoms with van der Waals surface area (Å²) in [5.74, 6) is 1.09. The Balaban J connectivity index is 0.00000684. The molecule has 0 heterocycles. The van der Waals surface area contributed by atoms with E-state index in [0.29, 0.717) is 48.6 Å². The molecule has 0 aliphatic carbocycles. The minimum absolute atomic E-state index is 0. The van der Waals surface area contributed by atoms with Gasteiger partial charge < -0.3 is 20.1 Å². The first-order chi connectivity index (χ1) is 16.8. The molecule has 0 saturated carbocycles. The van der Waals surface area contributed by atoms with E-state index in [-0.39, 0.29) is 46.9 Å². The van der Waals surface area contributed by atoms with Crippen molar-refractivity contribution >= 4 is 24.0 Å². The number of methoxy groups -OCH3 is 2. The molecule has 0 spiro atoms. The molecule has 6 nitrogen and oxygen atoms in total. The number of carbonyl (C=O) groups excluding carboxylic acids is 2. The zero-order valence-electron chi connectivity index (χ0n) is 23.6. The molecule has 0 aliphatic heterocycles. The summed E-state index contributed by atoms with van der Waals surface area (Å²) in [4.78, 5) is 27.0. The molecule has 2 aromatic rings. The van der Waals surface area contributed by atoms with E-state index in [9.17, 15) is 9.59 Å². The number of benzene rings is 2. The van der Waals surface area contributed by atoms with Crippen LogP contribution < -0.4 is 20.1 Å². The molecule has 2 unspecified atom stereocenters. The Morgan fingerprint density at radius 1 is 0.649 bits per heavy atom. The molecule has 0 radical (unpaired) electrons. The average Bonchev–Trinajstić information content (AvgIpc) is 2.83. The largest absolute Gasteiger partial charge is 0.497 e. The van der Waals surface area contributed by atoms with Gasteiger partial charge in [-0.25, -0.2) is 0 Å². The smallest absolute Gasteiger partial charge is 0.167 e. The average molecular weight is 533 g/mol. The number of Topliss-reactive ketones (excluding diaryl/α,β-unsaturated/α-hetero) is 2. The van der Waals surface area contributed by atoms with Crippen LogP contribution in [0.2, 0.25) is 0 Å². The minimum atomic E-state index is -0.251. The molecule has 206 valence electrons. The number of ketones is 2. The molecule has 0 bridgehead atoms. The number of hydrogen-bond donors (Lipinski definition) is 2. The number of hydrogen-bond acceptors (Lipinski definition) is 6. The van der Waals surface area contributed by atoms with Gasteiger partial charge >= 0.3 is 0 Å². The molecule has 2 atom stereocenters. The lowest BCUT2D eigenvalue weighted by molar-refractivity contribution is 0.0858. The van der Waals surface area contributed by atoms with Crippen LogP contribution in [0, 0.1) is 11.8 Å². The maximum absolute atomic E-state index is 13.5. The lowest BCUT2D eigenvalue weighted by atomic mass is 9.85. The second-order valence-electron chi connectivity index (χ2n) is 11.4. The number of ether oxygens (including phenoxy) is 2. The van der Waals surface area contributed by atoms with E-state index in [0.717, 1.165) is 0 Å². The van der Waals surface area contributed by atoms with Gasteiger partial charge in [0.1, 0.15) is 11.5 Å². The summed E-state index contributed by atoms with van der Waals surface area (Å²) >= 11 is 0. The van der Waals surface area contributed by atoms with Gasteiger partial charge in [0.15, 0.2) is 11.6 Å².